The Balaban J connectivity index is 1.77. The van der Waals surface area contributed by atoms with Gasteiger partial charge in [0.1, 0.15) is 5.82 Å². The number of rotatable bonds is 2. The second kappa shape index (κ2) is 6.03. The minimum absolute atomic E-state index is 0.0864. The maximum absolute atomic E-state index is 14.0. The minimum atomic E-state index is -0.471. The molecule has 112 valence electrons. The Morgan fingerprint density at radius 3 is 3.00 bits per heavy atom. The largest absolute Gasteiger partial charge is 0.326 e. The van der Waals surface area contributed by atoms with Crippen molar-refractivity contribution in [3.63, 3.8) is 0 Å². The van der Waals surface area contributed by atoms with Gasteiger partial charge in [-0.25, -0.2) is 4.39 Å². The summed E-state index contributed by atoms with van der Waals surface area (Å²) in [6.45, 7) is 0.769. The molecule has 2 aliphatic heterocycles. The van der Waals surface area contributed by atoms with Crippen molar-refractivity contribution in [2.75, 3.05) is 28.7 Å². The Labute approximate surface area is 126 Å². The molecule has 0 radical (unpaired) electrons. The van der Waals surface area contributed by atoms with Crippen LogP contribution in [0.1, 0.15) is 12.0 Å². The fourth-order valence-electron chi connectivity index (χ4n) is 2.45. The third-order valence-corrected chi connectivity index (χ3v) is 4.65. The first-order chi connectivity index (χ1) is 10.1. The maximum atomic E-state index is 14.0. The standard InChI is InChI=1S/C14H16FN3O2S/c15-9-5-8-1-2-13(19)17-10(8)6-11(9)18-14(20)12-7-21-4-3-16-12/h5-6,12,16H,1-4,7H2,(H,17,19)(H,18,20). The predicted molar refractivity (Wildman–Crippen MR) is 81.1 cm³/mol. The molecule has 2 heterocycles. The van der Waals surface area contributed by atoms with E-state index in [1.54, 1.807) is 11.8 Å². The molecule has 3 rings (SSSR count). The first-order valence-corrected chi connectivity index (χ1v) is 8.03. The van der Waals surface area contributed by atoms with Crippen molar-refractivity contribution in [1.82, 2.24) is 5.32 Å². The average molecular weight is 309 g/mol. The third kappa shape index (κ3) is 3.19. The minimum Gasteiger partial charge on any atom is -0.326 e. The van der Waals surface area contributed by atoms with E-state index in [0.29, 0.717) is 24.3 Å². The van der Waals surface area contributed by atoms with Crippen LogP contribution >= 0.6 is 11.8 Å². The smallest absolute Gasteiger partial charge is 0.242 e. The quantitative estimate of drug-likeness (QED) is 0.771. The van der Waals surface area contributed by atoms with Gasteiger partial charge in [-0.1, -0.05) is 0 Å². The van der Waals surface area contributed by atoms with Gasteiger partial charge >= 0.3 is 0 Å². The van der Waals surface area contributed by atoms with Gasteiger partial charge in [-0.15, -0.1) is 0 Å². The molecule has 1 unspecified atom stereocenters. The van der Waals surface area contributed by atoms with Crippen molar-refractivity contribution in [1.29, 1.82) is 0 Å². The van der Waals surface area contributed by atoms with Gasteiger partial charge in [0, 0.05) is 30.2 Å². The number of aryl methyl sites for hydroxylation is 1. The van der Waals surface area contributed by atoms with E-state index in [4.69, 9.17) is 0 Å². The molecule has 7 heteroatoms. The Kier molecular flexibility index (Phi) is 4.12. The second-order valence-electron chi connectivity index (χ2n) is 5.11. The van der Waals surface area contributed by atoms with Crippen LogP contribution in [0.4, 0.5) is 15.8 Å². The van der Waals surface area contributed by atoms with Gasteiger partial charge < -0.3 is 16.0 Å². The van der Waals surface area contributed by atoms with Crippen molar-refractivity contribution in [2.45, 2.75) is 18.9 Å². The van der Waals surface area contributed by atoms with Crippen LogP contribution < -0.4 is 16.0 Å². The van der Waals surface area contributed by atoms with Gasteiger partial charge in [0.15, 0.2) is 0 Å². The molecule has 1 aromatic carbocycles. The fraction of sp³-hybridized carbons (Fsp3) is 0.429. The zero-order valence-corrected chi connectivity index (χ0v) is 12.2. The second-order valence-corrected chi connectivity index (χ2v) is 6.26. The summed E-state index contributed by atoms with van der Waals surface area (Å²) in [5.41, 5.74) is 1.45. The summed E-state index contributed by atoms with van der Waals surface area (Å²) < 4.78 is 14.0. The van der Waals surface area contributed by atoms with Crippen LogP contribution in [0.2, 0.25) is 0 Å². The summed E-state index contributed by atoms with van der Waals surface area (Å²) in [5, 5.41) is 8.41. The number of benzene rings is 1. The van der Waals surface area contributed by atoms with Crippen molar-refractivity contribution >= 4 is 35.0 Å². The third-order valence-electron chi connectivity index (χ3n) is 3.58. The Hall–Kier alpha value is -1.60. The zero-order chi connectivity index (χ0) is 14.8. The van der Waals surface area contributed by atoms with Crippen LogP contribution in [-0.2, 0) is 16.0 Å². The zero-order valence-electron chi connectivity index (χ0n) is 11.4. The number of hydrogen-bond donors (Lipinski definition) is 3. The number of halogens is 1. The SMILES string of the molecule is O=C1CCc2cc(F)c(NC(=O)C3CSCCN3)cc2N1. The lowest BCUT2D eigenvalue weighted by Crippen LogP contribution is -2.46. The Morgan fingerprint density at radius 1 is 1.38 bits per heavy atom. The molecule has 0 saturated carbocycles. The number of nitrogens with one attached hydrogen (secondary N) is 3. The van der Waals surface area contributed by atoms with Crippen LogP contribution in [0.25, 0.3) is 0 Å². The molecule has 1 fully saturated rings. The number of carbonyl (C=O) groups is 2. The molecule has 0 aromatic heterocycles. The molecule has 0 aliphatic carbocycles. The van der Waals surface area contributed by atoms with E-state index in [9.17, 15) is 14.0 Å². The van der Waals surface area contributed by atoms with Crippen LogP contribution in [0.15, 0.2) is 12.1 Å². The van der Waals surface area contributed by atoms with Gasteiger partial charge in [0.25, 0.3) is 0 Å². The molecule has 5 nitrogen and oxygen atoms in total. The lowest BCUT2D eigenvalue weighted by atomic mass is 10.0. The van der Waals surface area contributed by atoms with Crippen molar-refractivity contribution in [2.24, 2.45) is 0 Å². The van der Waals surface area contributed by atoms with E-state index in [-0.39, 0.29) is 23.5 Å². The molecular formula is C14H16FN3O2S. The summed E-state index contributed by atoms with van der Waals surface area (Å²) in [4.78, 5) is 23.5. The van der Waals surface area contributed by atoms with Gasteiger partial charge in [-0.3, -0.25) is 9.59 Å². The van der Waals surface area contributed by atoms with E-state index >= 15 is 0 Å². The number of carbonyl (C=O) groups excluding carboxylic acids is 2. The highest BCUT2D eigenvalue weighted by Crippen LogP contribution is 2.28. The van der Waals surface area contributed by atoms with Crippen LogP contribution in [0.5, 0.6) is 0 Å². The summed E-state index contributed by atoms with van der Waals surface area (Å²) in [6, 6.07) is 2.57. The average Bonchev–Trinajstić information content (AvgIpc) is 2.49. The van der Waals surface area contributed by atoms with E-state index < -0.39 is 5.82 Å². The van der Waals surface area contributed by atoms with Gasteiger partial charge in [-0.2, -0.15) is 11.8 Å². The van der Waals surface area contributed by atoms with Crippen LogP contribution in [0, 0.1) is 5.82 Å². The molecule has 3 N–H and O–H groups in total. The van der Waals surface area contributed by atoms with Crippen molar-refractivity contribution in [3.05, 3.63) is 23.5 Å². The Morgan fingerprint density at radius 2 is 2.24 bits per heavy atom. The molecule has 1 aromatic rings. The molecule has 0 bridgehead atoms. The summed E-state index contributed by atoms with van der Waals surface area (Å²) in [7, 11) is 0. The Bertz CT molecular complexity index is 588. The lowest BCUT2D eigenvalue weighted by molar-refractivity contribution is -0.118. The van der Waals surface area contributed by atoms with Gasteiger partial charge in [-0.05, 0) is 24.1 Å². The molecule has 1 atom stereocenters. The lowest BCUT2D eigenvalue weighted by Gasteiger charge is -2.23. The summed E-state index contributed by atoms with van der Waals surface area (Å²) in [5.74, 6) is 0.847. The highest BCUT2D eigenvalue weighted by atomic mass is 32.2. The van der Waals surface area contributed by atoms with Crippen LogP contribution in [0.3, 0.4) is 0 Å². The van der Waals surface area contributed by atoms with Crippen LogP contribution in [-0.4, -0.2) is 35.9 Å². The normalized spacial score (nSPS) is 21.4. The van der Waals surface area contributed by atoms with Crippen molar-refractivity contribution in [3.8, 4) is 0 Å². The number of hydrogen-bond acceptors (Lipinski definition) is 4. The number of anilines is 2. The highest BCUT2D eigenvalue weighted by Gasteiger charge is 2.23. The first-order valence-electron chi connectivity index (χ1n) is 6.88. The predicted octanol–water partition coefficient (Wildman–Crippen LogP) is 1.35. The molecule has 2 aliphatic rings. The first kappa shape index (κ1) is 14.3. The number of thioether (sulfide) groups is 1. The summed E-state index contributed by atoms with van der Waals surface area (Å²) >= 11 is 1.70. The van der Waals surface area contributed by atoms with E-state index in [0.717, 1.165) is 17.9 Å². The van der Waals surface area contributed by atoms with Crippen molar-refractivity contribution < 1.29 is 14.0 Å². The maximum Gasteiger partial charge on any atom is 0.242 e. The molecule has 21 heavy (non-hydrogen) atoms. The van der Waals surface area contributed by atoms with E-state index in [2.05, 4.69) is 16.0 Å². The van der Waals surface area contributed by atoms with E-state index in [1.807, 2.05) is 0 Å². The molecule has 0 spiro atoms. The highest BCUT2D eigenvalue weighted by molar-refractivity contribution is 7.99. The molecular weight excluding hydrogens is 293 g/mol. The van der Waals surface area contributed by atoms with E-state index in [1.165, 1.54) is 12.1 Å². The van der Waals surface area contributed by atoms with Gasteiger partial charge in [0.05, 0.1) is 11.7 Å². The fourth-order valence-corrected chi connectivity index (χ4v) is 3.38. The monoisotopic (exact) mass is 309 g/mol. The summed E-state index contributed by atoms with van der Waals surface area (Å²) in [6.07, 6.45) is 0.883. The topological polar surface area (TPSA) is 70.2 Å². The number of fused-ring (bicyclic) bond motifs is 1. The van der Waals surface area contributed by atoms with Gasteiger partial charge in [0.2, 0.25) is 11.8 Å². The number of amides is 2. The molecule has 1 saturated heterocycles. The molecule has 2 amide bonds.